The number of hydrogen-bond donors (Lipinski definition) is 1. The van der Waals surface area contributed by atoms with E-state index in [2.05, 4.69) is 11.9 Å². The molecule has 0 aromatic heterocycles. The van der Waals surface area contributed by atoms with E-state index in [1.54, 1.807) is 25.3 Å². The normalized spacial score (nSPS) is 10.0. The first-order valence-corrected chi connectivity index (χ1v) is 7.39. The molecule has 0 fully saturated rings. The Hall–Kier alpha value is -2.75. The van der Waals surface area contributed by atoms with Gasteiger partial charge in [-0.3, -0.25) is 4.79 Å². The van der Waals surface area contributed by atoms with Crippen LogP contribution in [0.15, 0.2) is 55.1 Å². The predicted molar refractivity (Wildman–Crippen MR) is 92.2 cm³/mol. The number of hydrogen-bond acceptors (Lipinski definition) is 3. The van der Waals surface area contributed by atoms with Crippen LogP contribution in [0.1, 0.15) is 11.1 Å². The summed E-state index contributed by atoms with van der Waals surface area (Å²) in [7, 11) is 1.61. The summed E-state index contributed by atoms with van der Waals surface area (Å²) in [5.74, 6) is 1.21. The zero-order chi connectivity index (χ0) is 16.7. The van der Waals surface area contributed by atoms with Gasteiger partial charge >= 0.3 is 0 Å². The van der Waals surface area contributed by atoms with Gasteiger partial charge in [0.05, 0.1) is 7.11 Å². The first-order valence-electron chi connectivity index (χ1n) is 7.39. The second-order valence-corrected chi connectivity index (χ2v) is 5.17. The Labute approximate surface area is 136 Å². The molecular formula is C19H21NO3. The van der Waals surface area contributed by atoms with Crippen molar-refractivity contribution in [1.82, 2.24) is 0 Å². The third kappa shape index (κ3) is 4.88. The lowest BCUT2D eigenvalue weighted by atomic mass is 10.1. The SMILES string of the molecule is C=CCc1cc(OC)ccc1OCC(=O)Nc1ccc(C)cc1. The summed E-state index contributed by atoms with van der Waals surface area (Å²) in [5.41, 5.74) is 2.83. The van der Waals surface area contributed by atoms with Crippen LogP contribution in [0.2, 0.25) is 0 Å². The molecule has 1 N–H and O–H groups in total. The average molecular weight is 311 g/mol. The second-order valence-electron chi connectivity index (χ2n) is 5.17. The third-order valence-electron chi connectivity index (χ3n) is 3.33. The highest BCUT2D eigenvalue weighted by Crippen LogP contribution is 2.25. The van der Waals surface area contributed by atoms with Crippen LogP contribution in [-0.2, 0) is 11.2 Å². The van der Waals surface area contributed by atoms with Gasteiger partial charge in [-0.05, 0) is 43.7 Å². The van der Waals surface area contributed by atoms with Crippen molar-refractivity contribution >= 4 is 11.6 Å². The number of nitrogens with one attached hydrogen (secondary N) is 1. The van der Waals surface area contributed by atoms with E-state index in [1.165, 1.54) is 0 Å². The van der Waals surface area contributed by atoms with Crippen molar-refractivity contribution in [1.29, 1.82) is 0 Å². The second kappa shape index (κ2) is 8.03. The molecule has 120 valence electrons. The molecule has 0 aliphatic rings. The maximum absolute atomic E-state index is 12.0. The highest BCUT2D eigenvalue weighted by Gasteiger charge is 2.08. The van der Waals surface area contributed by atoms with E-state index in [4.69, 9.17) is 9.47 Å². The summed E-state index contributed by atoms with van der Waals surface area (Å²) in [6, 6.07) is 13.1. The molecule has 23 heavy (non-hydrogen) atoms. The van der Waals surface area contributed by atoms with Crippen molar-refractivity contribution in [3.8, 4) is 11.5 Å². The van der Waals surface area contributed by atoms with Gasteiger partial charge in [0.15, 0.2) is 6.61 Å². The maximum Gasteiger partial charge on any atom is 0.262 e. The fraction of sp³-hybridized carbons (Fsp3) is 0.211. The van der Waals surface area contributed by atoms with Crippen LogP contribution >= 0.6 is 0 Å². The minimum atomic E-state index is -0.200. The van der Waals surface area contributed by atoms with Gasteiger partial charge in [-0.1, -0.05) is 23.8 Å². The quantitative estimate of drug-likeness (QED) is 0.792. The van der Waals surface area contributed by atoms with Crippen LogP contribution in [-0.4, -0.2) is 19.6 Å². The maximum atomic E-state index is 12.0. The average Bonchev–Trinajstić information content (AvgIpc) is 2.56. The molecule has 0 unspecified atom stereocenters. The Morgan fingerprint density at radius 2 is 1.96 bits per heavy atom. The minimum Gasteiger partial charge on any atom is -0.497 e. The fourth-order valence-corrected chi connectivity index (χ4v) is 2.12. The van der Waals surface area contributed by atoms with Crippen LogP contribution in [0.4, 0.5) is 5.69 Å². The predicted octanol–water partition coefficient (Wildman–Crippen LogP) is 3.75. The molecule has 0 saturated carbocycles. The van der Waals surface area contributed by atoms with E-state index in [0.29, 0.717) is 12.2 Å². The molecule has 0 aliphatic heterocycles. The van der Waals surface area contributed by atoms with Gasteiger partial charge < -0.3 is 14.8 Å². The van der Waals surface area contributed by atoms with E-state index >= 15 is 0 Å². The fourth-order valence-electron chi connectivity index (χ4n) is 2.12. The number of carbonyl (C=O) groups is 1. The topological polar surface area (TPSA) is 47.6 Å². The Balaban J connectivity index is 1.98. The molecule has 2 rings (SSSR count). The summed E-state index contributed by atoms with van der Waals surface area (Å²) in [5, 5.41) is 2.80. The molecule has 4 heteroatoms. The minimum absolute atomic E-state index is 0.0512. The summed E-state index contributed by atoms with van der Waals surface area (Å²) >= 11 is 0. The molecular weight excluding hydrogens is 290 g/mol. The molecule has 0 heterocycles. The number of anilines is 1. The molecule has 0 aliphatic carbocycles. The lowest BCUT2D eigenvalue weighted by molar-refractivity contribution is -0.118. The first-order chi connectivity index (χ1) is 11.1. The number of rotatable bonds is 7. The number of amides is 1. The molecule has 2 aromatic rings. The summed E-state index contributed by atoms with van der Waals surface area (Å²) in [6.07, 6.45) is 2.43. The Morgan fingerprint density at radius 1 is 1.22 bits per heavy atom. The number of aryl methyl sites for hydroxylation is 1. The zero-order valence-electron chi connectivity index (χ0n) is 13.5. The van der Waals surface area contributed by atoms with Gasteiger partial charge in [0.2, 0.25) is 0 Å². The monoisotopic (exact) mass is 311 g/mol. The van der Waals surface area contributed by atoms with Crippen LogP contribution in [0.3, 0.4) is 0 Å². The van der Waals surface area contributed by atoms with Crippen LogP contribution in [0, 0.1) is 6.92 Å². The first kappa shape index (κ1) is 16.6. The lowest BCUT2D eigenvalue weighted by Crippen LogP contribution is -2.20. The number of allylic oxidation sites excluding steroid dienone is 1. The van der Waals surface area contributed by atoms with E-state index in [0.717, 1.165) is 22.6 Å². The molecule has 2 aromatic carbocycles. The third-order valence-corrected chi connectivity index (χ3v) is 3.33. The van der Waals surface area contributed by atoms with E-state index < -0.39 is 0 Å². The number of carbonyl (C=O) groups excluding carboxylic acids is 1. The summed E-state index contributed by atoms with van der Waals surface area (Å²) < 4.78 is 10.8. The smallest absolute Gasteiger partial charge is 0.262 e. The highest BCUT2D eigenvalue weighted by atomic mass is 16.5. The highest BCUT2D eigenvalue weighted by molar-refractivity contribution is 5.91. The van der Waals surface area contributed by atoms with Gasteiger partial charge in [-0.15, -0.1) is 6.58 Å². The van der Waals surface area contributed by atoms with Crippen molar-refractivity contribution < 1.29 is 14.3 Å². The van der Waals surface area contributed by atoms with Crippen molar-refractivity contribution in [2.45, 2.75) is 13.3 Å². The Kier molecular flexibility index (Phi) is 5.80. The number of benzene rings is 2. The Bertz CT molecular complexity index is 678. The van der Waals surface area contributed by atoms with E-state index in [1.807, 2.05) is 37.3 Å². The van der Waals surface area contributed by atoms with Crippen molar-refractivity contribution in [3.63, 3.8) is 0 Å². The molecule has 0 saturated heterocycles. The Morgan fingerprint density at radius 3 is 2.61 bits per heavy atom. The van der Waals surface area contributed by atoms with E-state index in [9.17, 15) is 4.79 Å². The van der Waals surface area contributed by atoms with Gasteiger partial charge in [0.25, 0.3) is 5.91 Å². The molecule has 0 spiro atoms. The van der Waals surface area contributed by atoms with Crippen molar-refractivity contribution in [3.05, 3.63) is 66.2 Å². The molecule has 4 nitrogen and oxygen atoms in total. The molecule has 0 radical (unpaired) electrons. The zero-order valence-corrected chi connectivity index (χ0v) is 13.5. The molecule has 0 atom stereocenters. The molecule has 0 bridgehead atoms. The number of methoxy groups -OCH3 is 1. The van der Waals surface area contributed by atoms with Gasteiger partial charge in [-0.2, -0.15) is 0 Å². The lowest BCUT2D eigenvalue weighted by Gasteiger charge is -2.12. The van der Waals surface area contributed by atoms with E-state index in [-0.39, 0.29) is 12.5 Å². The molecule has 1 amide bonds. The van der Waals surface area contributed by atoms with Crippen LogP contribution < -0.4 is 14.8 Å². The van der Waals surface area contributed by atoms with Crippen LogP contribution in [0.5, 0.6) is 11.5 Å². The standard InChI is InChI=1S/C19H21NO3/c1-4-5-15-12-17(22-3)10-11-18(15)23-13-19(21)20-16-8-6-14(2)7-9-16/h4,6-12H,1,5,13H2,2-3H3,(H,20,21). The van der Waals surface area contributed by atoms with Gasteiger partial charge in [0.1, 0.15) is 11.5 Å². The largest absolute Gasteiger partial charge is 0.497 e. The van der Waals surface area contributed by atoms with Gasteiger partial charge in [-0.25, -0.2) is 0 Å². The number of ether oxygens (including phenoxy) is 2. The summed E-state index contributed by atoms with van der Waals surface area (Å²) in [6.45, 7) is 5.68. The van der Waals surface area contributed by atoms with Crippen molar-refractivity contribution in [2.24, 2.45) is 0 Å². The van der Waals surface area contributed by atoms with Crippen LogP contribution in [0.25, 0.3) is 0 Å². The van der Waals surface area contributed by atoms with Crippen molar-refractivity contribution in [2.75, 3.05) is 19.0 Å². The van der Waals surface area contributed by atoms with Gasteiger partial charge in [0, 0.05) is 11.3 Å². The summed E-state index contributed by atoms with van der Waals surface area (Å²) in [4.78, 5) is 12.0.